The molecular formula is C17H17N5OS. The van der Waals surface area contributed by atoms with Crippen LogP contribution in [-0.4, -0.2) is 25.3 Å². The average molecular weight is 339 g/mol. The Morgan fingerprint density at radius 1 is 1.29 bits per heavy atom. The largest absolute Gasteiger partial charge is 0.306 e. The fraction of sp³-hybridized carbons (Fsp3) is 0.294. The fourth-order valence-corrected chi connectivity index (χ4v) is 3.32. The molecule has 0 saturated heterocycles. The summed E-state index contributed by atoms with van der Waals surface area (Å²) >= 11 is 1.10. The van der Waals surface area contributed by atoms with E-state index in [9.17, 15) is 4.79 Å². The first kappa shape index (κ1) is 15.0. The summed E-state index contributed by atoms with van der Waals surface area (Å²) in [5.74, 6) is 0.984. The summed E-state index contributed by atoms with van der Waals surface area (Å²) in [6.45, 7) is 1.78. The van der Waals surface area contributed by atoms with E-state index in [1.807, 2.05) is 36.4 Å². The van der Waals surface area contributed by atoms with Gasteiger partial charge in [-0.05, 0) is 43.4 Å². The number of hydrogen-bond donors (Lipinski definition) is 1. The molecule has 1 aromatic carbocycles. The molecule has 6 nitrogen and oxygen atoms in total. The summed E-state index contributed by atoms with van der Waals surface area (Å²) in [5, 5.41) is 11.6. The van der Waals surface area contributed by atoms with Crippen LogP contribution < -0.4 is 5.32 Å². The van der Waals surface area contributed by atoms with Crippen molar-refractivity contribution in [2.45, 2.75) is 32.1 Å². The van der Waals surface area contributed by atoms with Gasteiger partial charge in [-0.2, -0.15) is 5.10 Å². The summed E-state index contributed by atoms with van der Waals surface area (Å²) < 4.78 is 5.63. The van der Waals surface area contributed by atoms with E-state index < -0.39 is 0 Å². The summed E-state index contributed by atoms with van der Waals surface area (Å²) in [7, 11) is 0. The van der Waals surface area contributed by atoms with Gasteiger partial charge in [0, 0.05) is 12.0 Å². The van der Waals surface area contributed by atoms with Gasteiger partial charge in [0.1, 0.15) is 10.7 Å². The van der Waals surface area contributed by atoms with Crippen molar-refractivity contribution in [3.8, 4) is 5.69 Å². The molecule has 0 unspecified atom stereocenters. The number of aryl methyl sites for hydroxylation is 1. The zero-order chi connectivity index (χ0) is 16.5. The number of benzene rings is 1. The lowest BCUT2D eigenvalue weighted by Gasteiger charge is -2.22. The molecule has 2 aromatic heterocycles. The molecule has 7 heteroatoms. The highest BCUT2D eigenvalue weighted by Gasteiger charge is 2.25. The molecule has 0 radical (unpaired) electrons. The van der Waals surface area contributed by atoms with Crippen molar-refractivity contribution in [2.24, 2.45) is 0 Å². The molecule has 24 heavy (non-hydrogen) atoms. The minimum Gasteiger partial charge on any atom is -0.306 e. The number of hydrogen-bond acceptors (Lipinski definition) is 5. The number of para-hydroxylation sites is 1. The topological polar surface area (TPSA) is 72.7 Å². The molecule has 1 fully saturated rings. The Morgan fingerprint density at radius 2 is 2.08 bits per heavy atom. The van der Waals surface area contributed by atoms with Gasteiger partial charge in [0.2, 0.25) is 0 Å². The van der Waals surface area contributed by atoms with Gasteiger partial charge >= 0.3 is 0 Å². The Hall–Kier alpha value is -2.54. The van der Waals surface area contributed by atoms with E-state index in [2.05, 4.69) is 14.9 Å². The second-order valence-electron chi connectivity index (χ2n) is 5.97. The van der Waals surface area contributed by atoms with Crippen LogP contribution in [0.2, 0.25) is 0 Å². The van der Waals surface area contributed by atoms with E-state index in [-0.39, 0.29) is 5.91 Å². The van der Waals surface area contributed by atoms with Crippen molar-refractivity contribution in [2.75, 3.05) is 5.32 Å². The van der Waals surface area contributed by atoms with Crippen molar-refractivity contribution in [3.63, 3.8) is 0 Å². The molecular weight excluding hydrogens is 322 g/mol. The van der Waals surface area contributed by atoms with E-state index >= 15 is 0 Å². The van der Waals surface area contributed by atoms with Gasteiger partial charge in [0.05, 0.1) is 17.1 Å². The lowest BCUT2D eigenvalue weighted by Crippen LogP contribution is -2.15. The van der Waals surface area contributed by atoms with E-state index in [0.717, 1.165) is 35.8 Å². The third-order valence-corrected chi connectivity index (χ3v) is 5.18. The number of anilines is 1. The number of aromatic nitrogens is 4. The Labute approximate surface area is 143 Å². The predicted molar refractivity (Wildman–Crippen MR) is 92.8 cm³/mol. The van der Waals surface area contributed by atoms with Crippen LogP contribution in [-0.2, 0) is 0 Å². The number of carbonyl (C=O) groups is 1. The van der Waals surface area contributed by atoms with Crippen LogP contribution in [0.5, 0.6) is 0 Å². The third-order valence-electron chi connectivity index (χ3n) is 4.35. The van der Waals surface area contributed by atoms with Crippen LogP contribution >= 0.6 is 11.5 Å². The van der Waals surface area contributed by atoms with Gasteiger partial charge in [-0.25, -0.2) is 4.68 Å². The molecule has 0 atom stereocenters. The Balaban J connectivity index is 1.69. The minimum absolute atomic E-state index is 0.195. The van der Waals surface area contributed by atoms with Crippen molar-refractivity contribution in [3.05, 3.63) is 52.7 Å². The highest BCUT2D eigenvalue weighted by molar-refractivity contribution is 7.08. The number of nitrogens with one attached hydrogen (secondary N) is 1. The standard InChI is InChI=1S/C17H17N5OS/c1-11-16(24-21-19-11)17(23)18-15-10-14(12-6-5-7-12)20-22(15)13-8-3-2-4-9-13/h2-4,8-10,12H,5-7H2,1H3,(H,18,23). The molecule has 1 amide bonds. The van der Waals surface area contributed by atoms with Gasteiger partial charge in [0.25, 0.3) is 5.91 Å². The molecule has 1 aliphatic rings. The number of rotatable bonds is 4. The molecule has 4 rings (SSSR count). The van der Waals surface area contributed by atoms with Crippen LogP contribution in [0.15, 0.2) is 36.4 Å². The Kier molecular flexibility index (Phi) is 3.86. The smallest absolute Gasteiger partial charge is 0.270 e. The summed E-state index contributed by atoms with van der Waals surface area (Å²) in [6.07, 6.45) is 3.57. The average Bonchev–Trinajstić information content (AvgIpc) is 3.13. The number of nitrogens with zero attached hydrogens (tertiary/aromatic N) is 4. The molecule has 3 aromatic rings. The van der Waals surface area contributed by atoms with Crippen LogP contribution in [0.4, 0.5) is 5.82 Å². The molecule has 2 heterocycles. The maximum absolute atomic E-state index is 12.5. The lowest BCUT2D eigenvalue weighted by molar-refractivity contribution is 0.102. The molecule has 1 N–H and O–H groups in total. The summed E-state index contributed by atoms with van der Waals surface area (Å²) in [6, 6.07) is 11.8. The van der Waals surface area contributed by atoms with Crippen LogP contribution in [0.25, 0.3) is 5.69 Å². The highest BCUT2D eigenvalue weighted by atomic mass is 32.1. The van der Waals surface area contributed by atoms with Crippen LogP contribution in [0.3, 0.4) is 0 Å². The van der Waals surface area contributed by atoms with Gasteiger partial charge in [-0.15, -0.1) is 5.10 Å². The first-order valence-electron chi connectivity index (χ1n) is 7.98. The van der Waals surface area contributed by atoms with Gasteiger partial charge in [-0.3, -0.25) is 4.79 Å². The molecule has 0 bridgehead atoms. The second kappa shape index (κ2) is 6.16. The zero-order valence-corrected chi connectivity index (χ0v) is 14.1. The number of amides is 1. The fourth-order valence-electron chi connectivity index (χ4n) is 2.77. The van der Waals surface area contributed by atoms with Crippen LogP contribution in [0.1, 0.15) is 46.2 Å². The zero-order valence-electron chi connectivity index (χ0n) is 13.3. The molecule has 0 aliphatic heterocycles. The first-order chi connectivity index (χ1) is 11.7. The van der Waals surface area contributed by atoms with Crippen molar-refractivity contribution in [1.82, 2.24) is 19.4 Å². The summed E-state index contributed by atoms with van der Waals surface area (Å²) in [4.78, 5) is 13.0. The Morgan fingerprint density at radius 3 is 2.71 bits per heavy atom. The molecule has 122 valence electrons. The van der Waals surface area contributed by atoms with Gasteiger partial charge < -0.3 is 5.32 Å². The number of carbonyl (C=O) groups excluding carboxylic acids is 1. The Bertz CT molecular complexity index is 866. The van der Waals surface area contributed by atoms with Gasteiger partial charge in [-0.1, -0.05) is 29.1 Å². The maximum Gasteiger partial charge on any atom is 0.270 e. The highest BCUT2D eigenvalue weighted by Crippen LogP contribution is 2.37. The quantitative estimate of drug-likeness (QED) is 0.789. The van der Waals surface area contributed by atoms with Crippen molar-refractivity contribution >= 4 is 23.3 Å². The van der Waals surface area contributed by atoms with E-state index in [0.29, 0.717) is 22.3 Å². The predicted octanol–water partition coefficient (Wildman–Crippen LogP) is 3.55. The van der Waals surface area contributed by atoms with E-state index in [4.69, 9.17) is 5.10 Å². The SMILES string of the molecule is Cc1nnsc1C(=O)Nc1cc(C2CCC2)nn1-c1ccccc1. The molecule has 0 spiro atoms. The van der Waals surface area contributed by atoms with Crippen molar-refractivity contribution in [1.29, 1.82) is 0 Å². The van der Waals surface area contributed by atoms with E-state index in [1.165, 1.54) is 6.42 Å². The van der Waals surface area contributed by atoms with E-state index in [1.54, 1.807) is 11.6 Å². The van der Waals surface area contributed by atoms with Gasteiger partial charge in [0.15, 0.2) is 0 Å². The molecule has 1 saturated carbocycles. The molecule has 1 aliphatic carbocycles. The maximum atomic E-state index is 12.5. The first-order valence-corrected chi connectivity index (χ1v) is 8.75. The minimum atomic E-state index is -0.195. The summed E-state index contributed by atoms with van der Waals surface area (Å²) in [5.41, 5.74) is 2.61. The monoisotopic (exact) mass is 339 g/mol. The van der Waals surface area contributed by atoms with Crippen molar-refractivity contribution < 1.29 is 4.79 Å². The van der Waals surface area contributed by atoms with Crippen LogP contribution in [0, 0.1) is 6.92 Å². The second-order valence-corrected chi connectivity index (χ2v) is 6.73. The normalized spacial score (nSPS) is 14.4. The lowest BCUT2D eigenvalue weighted by atomic mass is 9.83. The third kappa shape index (κ3) is 2.71.